The van der Waals surface area contributed by atoms with Crippen molar-refractivity contribution in [1.29, 1.82) is 0 Å². The zero-order chi connectivity index (χ0) is 9.71. The van der Waals surface area contributed by atoms with E-state index in [1.807, 2.05) is 12.2 Å². The molecule has 0 bridgehead atoms. The third-order valence-corrected chi connectivity index (χ3v) is 2.36. The molecular formula is C9H7N3O2. The lowest BCUT2D eigenvalue weighted by Gasteiger charge is -1.82. The molecule has 0 amide bonds. The van der Waals surface area contributed by atoms with E-state index < -0.39 is 5.97 Å². The van der Waals surface area contributed by atoms with Crippen LogP contribution in [0, 0.1) is 0 Å². The monoisotopic (exact) mass is 189 g/mol. The van der Waals surface area contributed by atoms with Crippen LogP contribution in [0.25, 0.3) is 23.3 Å². The van der Waals surface area contributed by atoms with Gasteiger partial charge in [0.05, 0.1) is 5.52 Å². The highest BCUT2D eigenvalue weighted by atomic mass is 16.4. The van der Waals surface area contributed by atoms with Gasteiger partial charge in [0, 0.05) is 10.6 Å². The van der Waals surface area contributed by atoms with Gasteiger partial charge >= 0.3 is 5.97 Å². The number of carboxylic acid groups (broad SMARTS) is 1. The predicted octanol–water partition coefficient (Wildman–Crippen LogP) is -0.446. The molecule has 0 spiro atoms. The lowest BCUT2D eigenvalue weighted by molar-refractivity contribution is 0.0685. The summed E-state index contributed by atoms with van der Waals surface area (Å²) in [5.74, 6) is -1.06. The van der Waals surface area contributed by atoms with Crippen molar-refractivity contribution < 1.29 is 9.90 Å². The average Bonchev–Trinajstić information content (AvgIpc) is 2.70. The van der Waals surface area contributed by atoms with Crippen molar-refractivity contribution >= 4 is 29.3 Å². The molecule has 0 aliphatic heterocycles. The van der Waals surface area contributed by atoms with E-state index in [4.69, 9.17) is 5.11 Å². The second-order valence-corrected chi connectivity index (χ2v) is 3.21. The Balaban J connectivity index is 2.44. The number of H-pyrrole nitrogens is 2. The Morgan fingerprint density at radius 3 is 3.07 bits per heavy atom. The van der Waals surface area contributed by atoms with Crippen LogP contribution in [0.3, 0.4) is 0 Å². The van der Waals surface area contributed by atoms with Crippen LogP contribution in [0.1, 0.15) is 17.0 Å². The number of nitrogens with zero attached hydrogens (tertiary/aromatic N) is 1. The van der Waals surface area contributed by atoms with Crippen molar-refractivity contribution in [2.45, 2.75) is 6.42 Å². The van der Waals surface area contributed by atoms with Gasteiger partial charge in [-0.15, -0.1) is 0 Å². The molecule has 0 atom stereocenters. The van der Waals surface area contributed by atoms with E-state index in [1.165, 1.54) is 0 Å². The van der Waals surface area contributed by atoms with Gasteiger partial charge in [0.15, 0.2) is 5.65 Å². The number of fused-ring (bicyclic) bond motifs is 3. The van der Waals surface area contributed by atoms with Crippen molar-refractivity contribution in [3.63, 3.8) is 0 Å². The summed E-state index contributed by atoms with van der Waals surface area (Å²) in [6.07, 6.45) is 4.97. The Kier molecular flexibility index (Phi) is 1.19. The molecule has 3 N–H and O–H groups in total. The fourth-order valence-corrected chi connectivity index (χ4v) is 1.76. The molecule has 0 fully saturated rings. The van der Waals surface area contributed by atoms with Gasteiger partial charge in [0.2, 0.25) is 5.82 Å². The smallest absolute Gasteiger partial charge is 0.371 e. The van der Waals surface area contributed by atoms with Gasteiger partial charge in [0.25, 0.3) is 0 Å². The van der Waals surface area contributed by atoms with Crippen LogP contribution in [0.15, 0.2) is 0 Å². The minimum Gasteiger partial charge on any atom is -0.475 e. The third kappa shape index (κ3) is 0.783. The topological polar surface area (TPSA) is 81.8 Å². The normalized spacial score (nSPS) is 13.7. The molecule has 0 saturated heterocycles. The third-order valence-electron chi connectivity index (χ3n) is 2.36. The largest absolute Gasteiger partial charge is 0.475 e. The van der Waals surface area contributed by atoms with Crippen LogP contribution in [0.5, 0.6) is 0 Å². The van der Waals surface area contributed by atoms with Crippen LogP contribution in [-0.2, 0) is 0 Å². The zero-order valence-corrected chi connectivity index (χ0v) is 7.16. The van der Waals surface area contributed by atoms with Crippen molar-refractivity contribution in [2.75, 3.05) is 0 Å². The number of aromatic amines is 2. The molecule has 2 aromatic rings. The van der Waals surface area contributed by atoms with Crippen LogP contribution < -0.4 is 10.6 Å². The first kappa shape index (κ1) is 7.37. The molecule has 70 valence electrons. The number of imidazole rings is 1. The lowest BCUT2D eigenvalue weighted by Crippen LogP contribution is -2.19. The molecule has 5 heteroatoms. The fourth-order valence-electron chi connectivity index (χ4n) is 1.76. The number of hydrogen-bond donors (Lipinski definition) is 3. The molecule has 2 heterocycles. The van der Waals surface area contributed by atoms with Gasteiger partial charge < -0.3 is 15.1 Å². The fraction of sp³-hybridized carbons (Fsp3) is 0.111. The number of aromatic carboxylic acids is 1. The summed E-state index contributed by atoms with van der Waals surface area (Å²) in [5.41, 5.74) is 1.39. The quantitative estimate of drug-likeness (QED) is 0.568. The molecule has 3 rings (SSSR count). The van der Waals surface area contributed by atoms with Gasteiger partial charge in [-0.05, 0) is 6.42 Å². The first-order valence-electron chi connectivity index (χ1n) is 4.27. The maximum atomic E-state index is 10.6. The standard InChI is InChI=1S/C9H7N3O2/c13-9(14)8-11-6-4-2-1-3-5(4)10-7(6)12-8/h2-3,10H,1H2,(H,11,12)(H,13,14). The molecule has 14 heavy (non-hydrogen) atoms. The Morgan fingerprint density at radius 1 is 1.43 bits per heavy atom. The number of nitrogens with one attached hydrogen (secondary N) is 2. The number of carbonyl (C=O) groups is 1. The predicted molar refractivity (Wildman–Crippen MR) is 50.2 cm³/mol. The maximum Gasteiger partial charge on any atom is 0.371 e. The molecule has 1 aliphatic rings. The molecule has 2 aromatic heterocycles. The van der Waals surface area contributed by atoms with Crippen LogP contribution in [-0.4, -0.2) is 26.0 Å². The summed E-state index contributed by atoms with van der Waals surface area (Å²) in [7, 11) is 0. The van der Waals surface area contributed by atoms with E-state index in [0.717, 1.165) is 22.5 Å². The molecular weight excluding hydrogens is 182 g/mol. The van der Waals surface area contributed by atoms with Gasteiger partial charge in [-0.2, -0.15) is 0 Å². The molecule has 1 aliphatic carbocycles. The lowest BCUT2D eigenvalue weighted by atomic mass is 10.4. The summed E-state index contributed by atoms with van der Waals surface area (Å²) in [6.45, 7) is 0. The van der Waals surface area contributed by atoms with E-state index in [9.17, 15) is 4.79 Å². The second kappa shape index (κ2) is 2.25. The van der Waals surface area contributed by atoms with Crippen LogP contribution in [0.2, 0.25) is 0 Å². The molecule has 0 saturated carbocycles. The molecule has 5 nitrogen and oxygen atoms in total. The highest BCUT2D eigenvalue weighted by molar-refractivity contribution is 5.88. The van der Waals surface area contributed by atoms with E-state index in [-0.39, 0.29) is 5.82 Å². The van der Waals surface area contributed by atoms with Crippen molar-refractivity contribution in [2.24, 2.45) is 0 Å². The Hall–Kier alpha value is -2.04. The van der Waals surface area contributed by atoms with Gasteiger partial charge in [0.1, 0.15) is 0 Å². The Labute approximate surface area is 77.8 Å². The second-order valence-electron chi connectivity index (χ2n) is 3.21. The minimum absolute atomic E-state index is 0.0191. The number of aromatic nitrogens is 3. The highest BCUT2D eigenvalue weighted by Gasteiger charge is 2.12. The average molecular weight is 189 g/mol. The Bertz CT molecular complexity index is 647. The summed E-state index contributed by atoms with van der Waals surface area (Å²) in [4.78, 5) is 20.4. The van der Waals surface area contributed by atoms with Crippen molar-refractivity contribution in [3.05, 3.63) is 16.4 Å². The minimum atomic E-state index is -1.04. The van der Waals surface area contributed by atoms with Gasteiger partial charge in [-0.1, -0.05) is 12.2 Å². The number of hydrogen-bond acceptors (Lipinski definition) is 2. The highest BCUT2D eigenvalue weighted by Crippen LogP contribution is 2.04. The van der Waals surface area contributed by atoms with E-state index in [1.54, 1.807) is 0 Å². The number of rotatable bonds is 1. The Morgan fingerprint density at radius 2 is 2.29 bits per heavy atom. The van der Waals surface area contributed by atoms with Crippen LogP contribution >= 0.6 is 0 Å². The summed E-state index contributed by atoms with van der Waals surface area (Å²) in [6, 6.07) is 0. The molecule has 0 aromatic carbocycles. The SMILES string of the molecule is O=C(O)c1nc2[nH]c3c(c2[nH]1)=CCC=3. The maximum absolute atomic E-state index is 10.6. The van der Waals surface area contributed by atoms with Crippen molar-refractivity contribution in [1.82, 2.24) is 15.0 Å². The van der Waals surface area contributed by atoms with E-state index in [0.29, 0.717) is 5.65 Å². The van der Waals surface area contributed by atoms with Gasteiger partial charge in [-0.25, -0.2) is 9.78 Å². The van der Waals surface area contributed by atoms with E-state index >= 15 is 0 Å². The van der Waals surface area contributed by atoms with Crippen LogP contribution in [0.4, 0.5) is 0 Å². The zero-order valence-electron chi connectivity index (χ0n) is 7.16. The number of carboxylic acids is 1. The summed E-state index contributed by atoms with van der Waals surface area (Å²) >= 11 is 0. The summed E-state index contributed by atoms with van der Waals surface area (Å²) < 4.78 is 0. The molecule has 0 radical (unpaired) electrons. The van der Waals surface area contributed by atoms with Crippen molar-refractivity contribution in [3.8, 4) is 0 Å². The molecule has 0 unspecified atom stereocenters. The first-order valence-corrected chi connectivity index (χ1v) is 4.27. The first-order chi connectivity index (χ1) is 6.75. The van der Waals surface area contributed by atoms with E-state index in [2.05, 4.69) is 15.0 Å². The van der Waals surface area contributed by atoms with Gasteiger partial charge in [-0.3, -0.25) is 0 Å². The summed E-state index contributed by atoms with van der Waals surface area (Å²) in [5, 5.41) is 10.8.